The summed E-state index contributed by atoms with van der Waals surface area (Å²) < 4.78 is 13.6. The van der Waals surface area contributed by atoms with E-state index in [0.717, 1.165) is 31.4 Å². The molecule has 0 aromatic carbocycles. The molecule has 1 atom stereocenters. The molecule has 1 aromatic heterocycles. The van der Waals surface area contributed by atoms with Crippen LogP contribution < -0.4 is 0 Å². The number of carbonyl (C=O) groups is 1. The molecule has 18 heavy (non-hydrogen) atoms. The van der Waals surface area contributed by atoms with E-state index in [9.17, 15) is 9.18 Å². The van der Waals surface area contributed by atoms with Crippen molar-refractivity contribution in [1.29, 1.82) is 0 Å². The van der Waals surface area contributed by atoms with Gasteiger partial charge in [-0.2, -0.15) is 0 Å². The molecule has 1 unspecified atom stereocenters. The Morgan fingerprint density at radius 3 is 3.00 bits per heavy atom. The summed E-state index contributed by atoms with van der Waals surface area (Å²) in [5.74, 6) is 0.491. The lowest BCUT2D eigenvalue weighted by Gasteiger charge is -2.07. The van der Waals surface area contributed by atoms with Crippen LogP contribution in [-0.2, 0) is 17.8 Å². The lowest BCUT2D eigenvalue weighted by molar-refractivity contribution is -0.122. The van der Waals surface area contributed by atoms with Gasteiger partial charge in [0.15, 0.2) is 0 Å². The minimum absolute atomic E-state index is 0.164. The molecule has 0 saturated heterocycles. The van der Waals surface area contributed by atoms with Gasteiger partial charge in [0.25, 0.3) is 0 Å². The van der Waals surface area contributed by atoms with Crippen LogP contribution in [0.5, 0.6) is 0 Å². The first-order chi connectivity index (χ1) is 8.67. The first-order valence-corrected chi connectivity index (χ1v) is 6.65. The van der Waals surface area contributed by atoms with Gasteiger partial charge in [0.2, 0.25) is 0 Å². The number of aryl methyl sites for hydroxylation is 2. The number of hydrogen-bond donors (Lipinski definition) is 0. The van der Waals surface area contributed by atoms with E-state index in [1.807, 2.05) is 6.92 Å². The number of hydrogen-bond acceptors (Lipinski definition) is 3. The zero-order chi connectivity index (χ0) is 13.4. The number of Topliss-reactive ketones (excluding diaryl/α,β-unsaturated/α-hetero) is 1. The quantitative estimate of drug-likeness (QED) is 0.681. The zero-order valence-corrected chi connectivity index (χ0v) is 11.2. The van der Waals surface area contributed by atoms with E-state index < -0.39 is 6.67 Å². The number of ketones is 1. The summed E-state index contributed by atoms with van der Waals surface area (Å²) in [4.78, 5) is 11.7. The van der Waals surface area contributed by atoms with Crippen LogP contribution in [0.1, 0.15) is 45.2 Å². The highest BCUT2D eigenvalue weighted by Gasteiger charge is 2.11. The fraction of sp³-hybridized carbons (Fsp3) is 0.769. The van der Waals surface area contributed by atoms with Gasteiger partial charge in [0.1, 0.15) is 12.5 Å². The smallest absolute Gasteiger partial charge is 0.135 e. The molecule has 0 radical (unpaired) electrons. The van der Waals surface area contributed by atoms with Gasteiger partial charge in [0.05, 0.1) is 12.2 Å². The number of halogens is 1. The van der Waals surface area contributed by atoms with Crippen LogP contribution in [0.25, 0.3) is 0 Å². The molecule has 0 aliphatic heterocycles. The third kappa shape index (κ3) is 4.94. The third-order valence-corrected chi connectivity index (χ3v) is 3.03. The van der Waals surface area contributed by atoms with Gasteiger partial charge in [0, 0.05) is 18.5 Å². The van der Waals surface area contributed by atoms with Gasteiger partial charge < -0.3 is 0 Å². The maximum absolute atomic E-state index is 12.1. The summed E-state index contributed by atoms with van der Waals surface area (Å²) in [6, 6.07) is 0. The number of nitrogens with zero attached hydrogens (tertiary/aromatic N) is 3. The number of rotatable bonds is 9. The van der Waals surface area contributed by atoms with Gasteiger partial charge in [-0.3, -0.25) is 4.79 Å². The van der Waals surface area contributed by atoms with Gasteiger partial charge in [-0.1, -0.05) is 25.5 Å². The zero-order valence-electron chi connectivity index (χ0n) is 11.2. The minimum atomic E-state index is -0.435. The predicted molar refractivity (Wildman–Crippen MR) is 68.0 cm³/mol. The molecule has 0 fully saturated rings. The average Bonchev–Trinajstić information content (AvgIpc) is 2.77. The Balaban J connectivity index is 2.26. The topological polar surface area (TPSA) is 47.8 Å². The summed E-state index contributed by atoms with van der Waals surface area (Å²) in [5.41, 5.74) is 0.833. The van der Waals surface area contributed by atoms with E-state index in [-0.39, 0.29) is 12.5 Å². The summed E-state index contributed by atoms with van der Waals surface area (Å²) in [5, 5.41) is 7.76. The fourth-order valence-electron chi connectivity index (χ4n) is 1.93. The molecule has 0 N–H and O–H groups in total. The largest absolute Gasteiger partial charge is 0.299 e. The van der Waals surface area contributed by atoms with Crippen molar-refractivity contribution >= 4 is 5.78 Å². The first-order valence-electron chi connectivity index (χ1n) is 6.65. The molecule has 0 saturated carbocycles. The third-order valence-electron chi connectivity index (χ3n) is 3.03. The lowest BCUT2D eigenvalue weighted by atomic mass is 9.97. The van der Waals surface area contributed by atoms with Crippen LogP contribution in [0.3, 0.4) is 0 Å². The first kappa shape index (κ1) is 14.8. The van der Waals surface area contributed by atoms with E-state index in [1.165, 1.54) is 4.68 Å². The van der Waals surface area contributed by atoms with E-state index in [1.54, 1.807) is 6.20 Å². The Bertz CT molecular complexity index is 365. The van der Waals surface area contributed by atoms with Crippen molar-refractivity contribution in [2.75, 3.05) is 6.67 Å². The monoisotopic (exact) mass is 255 g/mol. The van der Waals surface area contributed by atoms with Gasteiger partial charge >= 0.3 is 0 Å². The van der Waals surface area contributed by atoms with Crippen LogP contribution >= 0.6 is 0 Å². The van der Waals surface area contributed by atoms with Crippen LogP contribution in [0.15, 0.2) is 6.20 Å². The molecule has 0 bridgehead atoms. The van der Waals surface area contributed by atoms with E-state index in [4.69, 9.17) is 0 Å². The van der Waals surface area contributed by atoms with Crippen molar-refractivity contribution in [3.05, 3.63) is 11.9 Å². The van der Waals surface area contributed by atoms with Crippen molar-refractivity contribution < 1.29 is 9.18 Å². The molecule has 0 spiro atoms. The fourth-order valence-corrected chi connectivity index (χ4v) is 1.93. The average molecular weight is 255 g/mol. The second kappa shape index (κ2) is 7.95. The highest BCUT2D eigenvalue weighted by Crippen LogP contribution is 2.11. The SMILES string of the molecule is CCCC(C)C(=O)CCCc1cn(CCF)nn1. The van der Waals surface area contributed by atoms with Crippen LogP contribution in [0.2, 0.25) is 0 Å². The molecule has 1 aromatic rings. The second-order valence-corrected chi connectivity index (χ2v) is 4.67. The number of carbonyl (C=O) groups excluding carboxylic acids is 1. The maximum atomic E-state index is 12.1. The summed E-state index contributed by atoms with van der Waals surface area (Å²) in [6.07, 6.45) is 5.88. The summed E-state index contributed by atoms with van der Waals surface area (Å²) >= 11 is 0. The van der Waals surface area contributed by atoms with E-state index in [0.29, 0.717) is 12.2 Å². The van der Waals surface area contributed by atoms with Crippen molar-refractivity contribution in [3.63, 3.8) is 0 Å². The summed E-state index contributed by atoms with van der Waals surface area (Å²) in [7, 11) is 0. The normalized spacial score (nSPS) is 12.6. The van der Waals surface area contributed by atoms with Gasteiger partial charge in [-0.15, -0.1) is 5.10 Å². The Hall–Kier alpha value is -1.26. The molecular formula is C13H22FN3O. The van der Waals surface area contributed by atoms with Crippen LogP contribution in [0.4, 0.5) is 4.39 Å². The molecule has 1 heterocycles. The van der Waals surface area contributed by atoms with Crippen LogP contribution in [-0.4, -0.2) is 27.5 Å². The highest BCUT2D eigenvalue weighted by molar-refractivity contribution is 5.80. The van der Waals surface area contributed by atoms with Gasteiger partial charge in [-0.25, -0.2) is 9.07 Å². The maximum Gasteiger partial charge on any atom is 0.135 e. The Kier molecular flexibility index (Phi) is 6.54. The predicted octanol–water partition coefficient (Wildman–Crippen LogP) is 2.58. The summed E-state index contributed by atoms with van der Waals surface area (Å²) in [6.45, 7) is 3.89. The van der Waals surface area contributed by atoms with Gasteiger partial charge in [-0.05, 0) is 19.3 Å². The molecular weight excluding hydrogens is 233 g/mol. The molecule has 0 aliphatic carbocycles. The Labute approximate surface area is 108 Å². The molecule has 102 valence electrons. The molecule has 5 heteroatoms. The minimum Gasteiger partial charge on any atom is -0.299 e. The molecule has 1 rings (SSSR count). The highest BCUT2D eigenvalue weighted by atomic mass is 19.1. The van der Waals surface area contributed by atoms with E-state index in [2.05, 4.69) is 17.2 Å². The number of aromatic nitrogens is 3. The van der Waals surface area contributed by atoms with Crippen molar-refractivity contribution in [2.24, 2.45) is 5.92 Å². The Morgan fingerprint density at radius 1 is 1.56 bits per heavy atom. The molecule has 4 nitrogen and oxygen atoms in total. The lowest BCUT2D eigenvalue weighted by Crippen LogP contribution is -2.10. The molecule has 0 aliphatic rings. The Morgan fingerprint density at radius 2 is 2.33 bits per heavy atom. The van der Waals surface area contributed by atoms with Crippen molar-refractivity contribution in [2.45, 2.75) is 52.5 Å². The van der Waals surface area contributed by atoms with E-state index >= 15 is 0 Å². The van der Waals surface area contributed by atoms with Crippen LogP contribution in [0, 0.1) is 5.92 Å². The standard InChI is InChI=1S/C13H22FN3O/c1-3-5-11(2)13(18)7-4-6-12-10-17(9-8-14)16-15-12/h10-11H,3-9H2,1-2H3. The van der Waals surface area contributed by atoms with Crippen molar-refractivity contribution in [3.8, 4) is 0 Å². The molecule has 0 amide bonds. The van der Waals surface area contributed by atoms with Crippen molar-refractivity contribution in [1.82, 2.24) is 15.0 Å². The second-order valence-electron chi connectivity index (χ2n) is 4.67. The number of alkyl halides is 1.